The van der Waals surface area contributed by atoms with Gasteiger partial charge in [-0.3, -0.25) is 0 Å². The summed E-state index contributed by atoms with van der Waals surface area (Å²) in [6, 6.07) is 3.08. The molecule has 3 rings (SSSR count). The van der Waals surface area contributed by atoms with Crippen molar-refractivity contribution in [3.8, 4) is 5.75 Å². The molecule has 7 heteroatoms. The summed E-state index contributed by atoms with van der Waals surface area (Å²) >= 11 is 0. The molecule has 1 heterocycles. The zero-order chi connectivity index (χ0) is 14.9. The fourth-order valence-electron chi connectivity index (χ4n) is 2.48. The fraction of sp³-hybridized carbons (Fsp3) is 0.429. The summed E-state index contributed by atoms with van der Waals surface area (Å²) in [4.78, 5) is 4.20. The first-order valence-corrected chi connectivity index (χ1v) is 6.77. The molecule has 0 atom stereocenters. The van der Waals surface area contributed by atoms with Crippen LogP contribution in [0.4, 0.5) is 8.78 Å². The van der Waals surface area contributed by atoms with Gasteiger partial charge in [-0.2, -0.15) is 4.98 Å². The van der Waals surface area contributed by atoms with Crippen molar-refractivity contribution in [2.75, 3.05) is 0 Å². The average Bonchev–Trinajstić information content (AvgIpc) is 3.08. The highest BCUT2D eigenvalue weighted by molar-refractivity contribution is 5.24. The average molecular weight is 295 g/mol. The summed E-state index contributed by atoms with van der Waals surface area (Å²) in [6.45, 7) is -0.0916. The summed E-state index contributed by atoms with van der Waals surface area (Å²) in [5.74, 6) is -0.838. The van der Waals surface area contributed by atoms with E-state index in [9.17, 15) is 8.78 Å². The van der Waals surface area contributed by atoms with Crippen LogP contribution in [0.2, 0.25) is 0 Å². The topological polar surface area (TPSA) is 74.2 Å². The van der Waals surface area contributed by atoms with E-state index in [1.807, 2.05) is 0 Å². The minimum atomic E-state index is -0.777. The molecule has 0 radical (unpaired) electrons. The van der Waals surface area contributed by atoms with Gasteiger partial charge in [-0.25, -0.2) is 8.78 Å². The van der Waals surface area contributed by atoms with Crippen LogP contribution in [0.1, 0.15) is 37.4 Å². The number of aromatic nitrogens is 2. The molecule has 5 nitrogen and oxygen atoms in total. The molecular formula is C14H15F2N3O2. The first-order valence-electron chi connectivity index (χ1n) is 6.77. The Kier molecular flexibility index (Phi) is 3.59. The van der Waals surface area contributed by atoms with Gasteiger partial charge in [0.15, 0.2) is 24.0 Å². The van der Waals surface area contributed by atoms with Crippen LogP contribution in [-0.2, 0) is 12.1 Å². The van der Waals surface area contributed by atoms with Crippen LogP contribution in [-0.4, -0.2) is 10.1 Å². The molecule has 1 aliphatic rings. The predicted octanol–water partition coefficient (Wildman–Crippen LogP) is 2.65. The van der Waals surface area contributed by atoms with E-state index in [1.165, 1.54) is 6.07 Å². The van der Waals surface area contributed by atoms with Crippen LogP contribution in [0.3, 0.4) is 0 Å². The molecule has 1 fully saturated rings. The Labute approximate surface area is 120 Å². The first kappa shape index (κ1) is 13.9. The van der Waals surface area contributed by atoms with E-state index in [1.54, 1.807) is 0 Å². The lowest BCUT2D eigenvalue weighted by atomic mass is 9.99. The molecule has 0 spiro atoms. The van der Waals surface area contributed by atoms with Gasteiger partial charge < -0.3 is 15.0 Å². The van der Waals surface area contributed by atoms with Gasteiger partial charge in [-0.05, 0) is 25.0 Å². The van der Waals surface area contributed by atoms with E-state index in [-0.39, 0.29) is 18.2 Å². The van der Waals surface area contributed by atoms with Gasteiger partial charge in [0.1, 0.15) is 5.82 Å². The highest BCUT2D eigenvalue weighted by Gasteiger charge is 2.35. The highest BCUT2D eigenvalue weighted by atomic mass is 19.1. The van der Waals surface area contributed by atoms with E-state index in [2.05, 4.69) is 10.1 Å². The molecule has 1 aromatic heterocycles. The lowest BCUT2D eigenvalue weighted by molar-refractivity contribution is 0.233. The van der Waals surface area contributed by atoms with Crippen LogP contribution < -0.4 is 10.5 Å². The Morgan fingerprint density at radius 1 is 1.29 bits per heavy atom. The third-order valence-electron chi connectivity index (χ3n) is 3.65. The molecule has 21 heavy (non-hydrogen) atoms. The van der Waals surface area contributed by atoms with Gasteiger partial charge in [0.05, 0.1) is 5.54 Å². The minimum absolute atomic E-state index is 0.0699. The first-order chi connectivity index (χ1) is 10.1. The largest absolute Gasteiger partial charge is 0.481 e. The van der Waals surface area contributed by atoms with Crippen molar-refractivity contribution in [1.29, 1.82) is 0 Å². The number of halogens is 2. The molecule has 1 saturated carbocycles. The van der Waals surface area contributed by atoms with Crippen molar-refractivity contribution in [3.63, 3.8) is 0 Å². The lowest BCUT2D eigenvalue weighted by Crippen LogP contribution is -2.34. The minimum Gasteiger partial charge on any atom is -0.481 e. The second-order valence-electron chi connectivity index (χ2n) is 5.24. The van der Waals surface area contributed by atoms with E-state index in [0.717, 1.165) is 37.8 Å². The number of hydrogen-bond acceptors (Lipinski definition) is 5. The van der Waals surface area contributed by atoms with E-state index in [4.69, 9.17) is 15.0 Å². The third-order valence-corrected chi connectivity index (χ3v) is 3.65. The maximum absolute atomic E-state index is 13.4. The Bertz CT molecular complexity index is 639. The molecule has 0 unspecified atom stereocenters. The fourth-order valence-corrected chi connectivity index (χ4v) is 2.48. The second-order valence-corrected chi connectivity index (χ2v) is 5.24. The maximum atomic E-state index is 13.4. The zero-order valence-corrected chi connectivity index (χ0v) is 11.3. The van der Waals surface area contributed by atoms with Gasteiger partial charge in [0.2, 0.25) is 0 Å². The van der Waals surface area contributed by atoms with Gasteiger partial charge in [-0.15, -0.1) is 0 Å². The molecule has 2 N–H and O–H groups in total. The maximum Gasteiger partial charge on any atom is 0.264 e. The molecule has 0 bridgehead atoms. The number of ether oxygens (including phenoxy) is 1. The lowest BCUT2D eigenvalue weighted by Gasteiger charge is -2.17. The number of nitrogens with two attached hydrogens (primary N) is 1. The van der Waals surface area contributed by atoms with Crippen LogP contribution in [0.15, 0.2) is 22.7 Å². The Morgan fingerprint density at radius 2 is 2.05 bits per heavy atom. The smallest absolute Gasteiger partial charge is 0.264 e. The van der Waals surface area contributed by atoms with Crippen molar-refractivity contribution < 1.29 is 18.0 Å². The Balaban J connectivity index is 1.67. The van der Waals surface area contributed by atoms with Crippen molar-refractivity contribution in [2.24, 2.45) is 5.73 Å². The molecule has 1 aliphatic carbocycles. The molecule has 2 aromatic rings. The van der Waals surface area contributed by atoms with Gasteiger partial charge in [0.25, 0.3) is 5.89 Å². The molecule has 0 amide bonds. The Morgan fingerprint density at radius 3 is 2.76 bits per heavy atom. The summed E-state index contributed by atoms with van der Waals surface area (Å²) in [7, 11) is 0. The second kappa shape index (κ2) is 5.40. The van der Waals surface area contributed by atoms with E-state index in [0.29, 0.717) is 5.82 Å². The standard InChI is InChI=1S/C14H15F2N3O2/c15-9-3-4-11(10(16)7-9)20-8-12-18-13(19-21-12)14(17)5-1-2-6-14/h3-4,7H,1-2,5-6,8,17H2. The molecule has 1 aromatic carbocycles. The normalized spacial score (nSPS) is 17.1. The van der Waals surface area contributed by atoms with Crippen molar-refractivity contribution in [2.45, 2.75) is 37.8 Å². The van der Waals surface area contributed by atoms with Crippen LogP contribution in [0.25, 0.3) is 0 Å². The molecule has 112 valence electrons. The SMILES string of the molecule is NC1(c2noc(COc3ccc(F)cc3F)n2)CCCC1. The highest BCUT2D eigenvalue weighted by Crippen LogP contribution is 2.34. The number of rotatable bonds is 4. The predicted molar refractivity (Wildman–Crippen MR) is 69.3 cm³/mol. The van der Waals surface area contributed by atoms with Crippen molar-refractivity contribution in [1.82, 2.24) is 10.1 Å². The quantitative estimate of drug-likeness (QED) is 0.938. The van der Waals surface area contributed by atoms with Gasteiger partial charge >= 0.3 is 0 Å². The summed E-state index contributed by atoms with van der Waals surface area (Å²) < 4.78 is 36.5. The van der Waals surface area contributed by atoms with Crippen LogP contribution >= 0.6 is 0 Å². The molecular weight excluding hydrogens is 280 g/mol. The van der Waals surface area contributed by atoms with E-state index >= 15 is 0 Å². The van der Waals surface area contributed by atoms with Crippen molar-refractivity contribution in [3.05, 3.63) is 41.5 Å². The number of benzene rings is 1. The summed E-state index contributed by atoms with van der Waals surface area (Å²) in [5, 5.41) is 3.87. The number of nitrogens with zero attached hydrogens (tertiary/aromatic N) is 2. The molecule has 0 aliphatic heterocycles. The summed E-state index contributed by atoms with van der Waals surface area (Å²) in [5.41, 5.74) is 5.68. The van der Waals surface area contributed by atoms with Crippen molar-refractivity contribution >= 4 is 0 Å². The molecule has 0 saturated heterocycles. The monoisotopic (exact) mass is 295 g/mol. The zero-order valence-electron chi connectivity index (χ0n) is 11.3. The third kappa shape index (κ3) is 2.87. The summed E-state index contributed by atoms with van der Waals surface area (Å²) in [6.07, 6.45) is 3.72. The van der Waals surface area contributed by atoms with Gasteiger partial charge in [0, 0.05) is 6.07 Å². The van der Waals surface area contributed by atoms with Crippen LogP contribution in [0.5, 0.6) is 5.75 Å². The Hall–Kier alpha value is -2.02. The number of hydrogen-bond donors (Lipinski definition) is 1. The van der Waals surface area contributed by atoms with Gasteiger partial charge in [-0.1, -0.05) is 18.0 Å². The van der Waals surface area contributed by atoms with E-state index < -0.39 is 17.2 Å². The van der Waals surface area contributed by atoms with Crippen LogP contribution in [0, 0.1) is 11.6 Å².